The van der Waals surface area contributed by atoms with Gasteiger partial charge in [-0.1, -0.05) is 43.4 Å². The first kappa shape index (κ1) is 11.3. The van der Waals surface area contributed by atoms with Gasteiger partial charge in [0.2, 0.25) is 0 Å². The molecule has 0 aromatic heterocycles. The van der Waals surface area contributed by atoms with Crippen molar-refractivity contribution in [1.82, 2.24) is 0 Å². The van der Waals surface area contributed by atoms with Crippen molar-refractivity contribution in [2.24, 2.45) is 0 Å². The van der Waals surface area contributed by atoms with Crippen LogP contribution >= 0.6 is 0 Å². The summed E-state index contributed by atoms with van der Waals surface area (Å²) in [5, 5.41) is 0. The molecule has 0 saturated heterocycles. The third-order valence-electron chi connectivity index (χ3n) is 3.85. The summed E-state index contributed by atoms with van der Waals surface area (Å²) in [5.41, 5.74) is 7.98. The summed E-state index contributed by atoms with van der Waals surface area (Å²) in [6, 6.07) is 0. The third-order valence-corrected chi connectivity index (χ3v) is 3.85. The van der Waals surface area contributed by atoms with Crippen molar-refractivity contribution in [1.29, 1.82) is 0 Å². The van der Waals surface area contributed by atoms with Gasteiger partial charge in [-0.05, 0) is 59.4 Å². The highest BCUT2D eigenvalue weighted by Crippen LogP contribution is 2.35. The molecule has 3 rings (SSSR count). The third kappa shape index (κ3) is 1.78. The molecule has 0 N–H and O–H groups in total. The van der Waals surface area contributed by atoms with Gasteiger partial charge in [0.15, 0.2) is 0 Å². The van der Waals surface area contributed by atoms with E-state index in [-0.39, 0.29) is 0 Å². The Bertz CT molecular complexity index is 610. The van der Waals surface area contributed by atoms with Gasteiger partial charge in [0.1, 0.15) is 0 Å². The van der Waals surface area contributed by atoms with E-state index in [1.165, 1.54) is 39.4 Å². The highest BCUT2D eigenvalue weighted by atomic mass is 14.2. The maximum Gasteiger partial charge on any atom is 0.0242 e. The predicted octanol–water partition coefficient (Wildman–Crippen LogP) is 4.78. The lowest BCUT2D eigenvalue weighted by Gasteiger charge is -2.17. The summed E-state index contributed by atoms with van der Waals surface area (Å²) in [5.74, 6) is 1.34. The summed E-state index contributed by atoms with van der Waals surface area (Å²) < 4.78 is 0. The zero-order valence-electron chi connectivity index (χ0n) is 11.1. The maximum atomic E-state index is 2.30. The molecule has 0 amide bonds. The molecule has 0 fully saturated rings. The second kappa shape index (κ2) is 4.13. The van der Waals surface area contributed by atoms with Crippen LogP contribution in [0.25, 0.3) is 0 Å². The van der Waals surface area contributed by atoms with E-state index in [4.69, 9.17) is 0 Å². The van der Waals surface area contributed by atoms with Crippen molar-refractivity contribution < 1.29 is 0 Å². The van der Waals surface area contributed by atoms with E-state index in [2.05, 4.69) is 69.4 Å². The van der Waals surface area contributed by atoms with Gasteiger partial charge in [-0.3, -0.25) is 0 Å². The van der Waals surface area contributed by atoms with Gasteiger partial charge in [-0.25, -0.2) is 0 Å². The van der Waals surface area contributed by atoms with Crippen LogP contribution < -0.4 is 0 Å². The molecule has 3 aliphatic carbocycles. The molecule has 0 atom stereocenters. The minimum absolute atomic E-state index is 1.28. The first-order valence-electron chi connectivity index (χ1n) is 6.39. The van der Waals surface area contributed by atoms with Crippen LogP contribution in [0.3, 0.4) is 0 Å². The molecule has 18 heavy (non-hydrogen) atoms. The molecule has 0 spiro atoms. The number of fused-ring (bicyclic) bond motifs is 2. The molecule has 0 aromatic carbocycles. The minimum atomic E-state index is 1.28. The molecule has 2 bridgehead atoms. The molecule has 0 unspecified atom stereocenters. The molecular weight excluding hydrogens is 216 g/mol. The average molecular weight is 233 g/mol. The van der Waals surface area contributed by atoms with Crippen LogP contribution in [0.4, 0.5) is 0 Å². The monoisotopic (exact) mass is 233 g/mol. The molecule has 0 nitrogen and oxygen atoms in total. The van der Waals surface area contributed by atoms with Crippen LogP contribution in [0.5, 0.6) is 0 Å². The molecule has 0 aromatic rings. The standard InChI is InChI=1S/C18H17/c1-12-7-8-15-9-17(14(12)3)11-16-6-4-5-13(2)18(16)10-15/h4-11H,1-3H3. The summed E-state index contributed by atoms with van der Waals surface area (Å²) in [7, 11) is 0. The smallest absolute Gasteiger partial charge is 0.0242 e. The van der Waals surface area contributed by atoms with Crippen molar-refractivity contribution in [3.05, 3.63) is 88.0 Å². The normalized spacial score (nSPS) is 22.6. The SMILES string of the molecule is C[C]1C=CC=C2C=C3C=C(C=CC(C)=C3C)C=C12. The summed E-state index contributed by atoms with van der Waals surface area (Å²) in [4.78, 5) is 0. The van der Waals surface area contributed by atoms with Crippen LogP contribution in [-0.4, -0.2) is 0 Å². The lowest BCUT2D eigenvalue weighted by atomic mass is 9.87. The fraction of sp³-hybridized carbons (Fsp3) is 0.167. The highest BCUT2D eigenvalue weighted by Gasteiger charge is 2.18. The Morgan fingerprint density at radius 1 is 0.778 bits per heavy atom. The molecule has 89 valence electrons. The van der Waals surface area contributed by atoms with Gasteiger partial charge in [0, 0.05) is 5.92 Å². The maximum absolute atomic E-state index is 2.30. The van der Waals surface area contributed by atoms with Crippen molar-refractivity contribution in [3.63, 3.8) is 0 Å². The Labute approximate surface area is 109 Å². The number of allylic oxidation sites excluding steroid dienone is 14. The Kier molecular flexibility index (Phi) is 2.59. The van der Waals surface area contributed by atoms with Gasteiger partial charge in [-0.2, -0.15) is 0 Å². The first-order chi connectivity index (χ1) is 8.65. The largest absolute Gasteiger partial charge is 0.0730 e. The van der Waals surface area contributed by atoms with Gasteiger partial charge in [0.05, 0.1) is 0 Å². The molecule has 0 saturated carbocycles. The van der Waals surface area contributed by atoms with E-state index < -0.39 is 0 Å². The summed E-state index contributed by atoms with van der Waals surface area (Å²) >= 11 is 0. The van der Waals surface area contributed by atoms with E-state index in [0.717, 1.165) is 0 Å². The van der Waals surface area contributed by atoms with Crippen molar-refractivity contribution in [2.75, 3.05) is 0 Å². The van der Waals surface area contributed by atoms with Crippen LogP contribution in [0.1, 0.15) is 20.8 Å². The van der Waals surface area contributed by atoms with E-state index in [1.807, 2.05) is 0 Å². The second-order valence-electron chi connectivity index (χ2n) is 5.11. The van der Waals surface area contributed by atoms with Crippen molar-refractivity contribution in [2.45, 2.75) is 20.8 Å². The van der Waals surface area contributed by atoms with Gasteiger partial charge < -0.3 is 0 Å². The van der Waals surface area contributed by atoms with Crippen LogP contribution in [0.2, 0.25) is 0 Å². The van der Waals surface area contributed by atoms with Gasteiger partial charge in [0.25, 0.3) is 0 Å². The molecule has 3 aliphatic rings. The van der Waals surface area contributed by atoms with Crippen LogP contribution in [-0.2, 0) is 0 Å². The second-order valence-corrected chi connectivity index (χ2v) is 5.11. The molecule has 0 aliphatic heterocycles. The zero-order valence-corrected chi connectivity index (χ0v) is 11.1. The molecule has 0 heterocycles. The van der Waals surface area contributed by atoms with Crippen molar-refractivity contribution >= 4 is 0 Å². The topological polar surface area (TPSA) is 0 Å². The average Bonchev–Trinajstić information content (AvgIpc) is 2.61. The van der Waals surface area contributed by atoms with E-state index >= 15 is 0 Å². The lowest BCUT2D eigenvalue weighted by molar-refractivity contribution is 1.20. The van der Waals surface area contributed by atoms with E-state index in [1.54, 1.807) is 0 Å². The van der Waals surface area contributed by atoms with E-state index in [0.29, 0.717) is 0 Å². The number of hydrogen-bond acceptors (Lipinski definition) is 0. The Hall–Kier alpha value is -1.82. The minimum Gasteiger partial charge on any atom is -0.0730 e. The summed E-state index contributed by atoms with van der Waals surface area (Å²) in [6.07, 6.45) is 17.8. The Morgan fingerprint density at radius 3 is 2.44 bits per heavy atom. The van der Waals surface area contributed by atoms with Crippen LogP contribution in [0.15, 0.2) is 82.0 Å². The Morgan fingerprint density at radius 2 is 1.61 bits per heavy atom. The van der Waals surface area contributed by atoms with Crippen LogP contribution in [0, 0.1) is 5.92 Å². The lowest BCUT2D eigenvalue weighted by Crippen LogP contribution is -2.00. The quantitative estimate of drug-likeness (QED) is 0.565. The fourth-order valence-electron chi connectivity index (χ4n) is 2.51. The highest BCUT2D eigenvalue weighted by molar-refractivity contribution is 5.67. The van der Waals surface area contributed by atoms with Gasteiger partial charge >= 0.3 is 0 Å². The van der Waals surface area contributed by atoms with Crippen molar-refractivity contribution in [3.8, 4) is 0 Å². The van der Waals surface area contributed by atoms with Gasteiger partial charge in [-0.15, -0.1) is 0 Å². The number of hydrogen-bond donors (Lipinski definition) is 0. The fourth-order valence-corrected chi connectivity index (χ4v) is 2.51. The first-order valence-corrected chi connectivity index (χ1v) is 6.39. The Balaban J connectivity index is 2.21. The zero-order chi connectivity index (χ0) is 12.7. The predicted molar refractivity (Wildman–Crippen MR) is 77.9 cm³/mol. The summed E-state index contributed by atoms with van der Waals surface area (Å²) in [6.45, 7) is 6.55. The van der Waals surface area contributed by atoms with E-state index in [9.17, 15) is 0 Å². The molecule has 0 heteroatoms. The molecule has 1 radical (unpaired) electrons. The molecular formula is C18H17. The number of rotatable bonds is 0.